The van der Waals surface area contributed by atoms with Crippen LogP contribution >= 0.6 is 11.3 Å². The normalized spacial score (nSPS) is 16.8. The number of carbonyl (C=O) groups is 2. The molecule has 0 aromatic carbocycles. The van der Waals surface area contributed by atoms with E-state index >= 15 is 0 Å². The molecular weight excluding hydrogens is 512 g/mol. The predicted octanol–water partition coefficient (Wildman–Crippen LogP) is 5.43. The van der Waals surface area contributed by atoms with Gasteiger partial charge in [0.05, 0.1) is 16.2 Å². The van der Waals surface area contributed by atoms with Crippen molar-refractivity contribution < 1.29 is 23.5 Å². The van der Waals surface area contributed by atoms with E-state index in [2.05, 4.69) is 27.5 Å². The Morgan fingerprint density at radius 1 is 1.32 bits per heavy atom. The van der Waals surface area contributed by atoms with Gasteiger partial charge in [0.15, 0.2) is 5.01 Å². The standard InChI is InChI=1S/C19H24F2N4O2S.C6H11NO.C2H6/c1-10-15(28-18(25-10)17(26)24-9-19(2,3)27)13-8-23-14(6-12(13)16(20)21)22-7-11-4-5-11;1-6-3-2-4-7(6)5-8;1-2/h6,8,11,16,27H,4-5,7,9H2,1-3H3,(H,22,23)(H,24,26);5-6H,2-4H2,1H3;1-2H3. The SMILES string of the molecule is CC.CC1CCCN1C=O.Cc1nc(C(=O)NCC(C)(C)O)sc1-c1cnc(NCC2CC2)cc1C(F)F. The smallest absolute Gasteiger partial charge is 0.280 e. The van der Waals surface area contributed by atoms with Gasteiger partial charge in [-0.2, -0.15) is 0 Å². The van der Waals surface area contributed by atoms with Crippen molar-refractivity contribution in [2.24, 2.45) is 5.92 Å². The fourth-order valence-corrected chi connectivity index (χ4v) is 4.75. The number of aryl methyl sites for hydroxylation is 1. The fourth-order valence-electron chi connectivity index (χ4n) is 3.74. The van der Waals surface area contributed by atoms with Crippen molar-refractivity contribution >= 4 is 29.5 Å². The van der Waals surface area contributed by atoms with E-state index in [0.717, 1.165) is 43.7 Å². The van der Waals surface area contributed by atoms with Crippen LogP contribution in [0.1, 0.15) is 87.8 Å². The van der Waals surface area contributed by atoms with E-state index in [4.69, 9.17) is 0 Å². The summed E-state index contributed by atoms with van der Waals surface area (Å²) in [7, 11) is 0. The van der Waals surface area contributed by atoms with E-state index in [0.29, 0.717) is 28.3 Å². The number of thiazole rings is 1. The van der Waals surface area contributed by atoms with Crippen molar-refractivity contribution in [1.82, 2.24) is 20.2 Å². The molecule has 2 aromatic heterocycles. The molecule has 3 N–H and O–H groups in total. The van der Waals surface area contributed by atoms with Gasteiger partial charge in [-0.05, 0) is 65.4 Å². The first-order chi connectivity index (χ1) is 18.0. The molecule has 11 heteroatoms. The van der Waals surface area contributed by atoms with Crippen LogP contribution in [-0.4, -0.2) is 63.6 Å². The Kier molecular flexibility index (Phi) is 12.0. The Bertz CT molecular complexity index is 1050. The van der Waals surface area contributed by atoms with Crippen LogP contribution in [0.25, 0.3) is 10.4 Å². The number of amides is 2. The lowest BCUT2D eigenvalue weighted by molar-refractivity contribution is -0.118. The summed E-state index contributed by atoms with van der Waals surface area (Å²) >= 11 is 1.04. The number of carbonyl (C=O) groups excluding carboxylic acids is 2. The first-order valence-corrected chi connectivity index (χ1v) is 14.0. The van der Waals surface area contributed by atoms with Crippen LogP contribution in [-0.2, 0) is 4.79 Å². The van der Waals surface area contributed by atoms with Crippen molar-refractivity contribution in [2.45, 2.75) is 85.3 Å². The molecule has 1 aliphatic carbocycles. The molecule has 1 unspecified atom stereocenters. The number of hydrogen-bond acceptors (Lipinski definition) is 7. The van der Waals surface area contributed by atoms with E-state index in [-0.39, 0.29) is 22.7 Å². The Morgan fingerprint density at radius 3 is 2.50 bits per heavy atom. The highest BCUT2D eigenvalue weighted by Crippen LogP contribution is 2.37. The maximum atomic E-state index is 13.7. The number of likely N-dealkylation sites (tertiary alicyclic amines) is 1. The zero-order valence-corrected chi connectivity index (χ0v) is 24.0. The number of nitrogens with zero attached hydrogens (tertiary/aromatic N) is 3. The van der Waals surface area contributed by atoms with Crippen LogP contribution in [0.15, 0.2) is 12.3 Å². The predicted molar refractivity (Wildman–Crippen MR) is 148 cm³/mol. The van der Waals surface area contributed by atoms with Crippen molar-refractivity contribution in [2.75, 3.05) is 25.0 Å². The van der Waals surface area contributed by atoms with Crippen LogP contribution in [0.4, 0.5) is 14.6 Å². The molecule has 2 amide bonds. The third-order valence-electron chi connectivity index (χ3n) is 6.10. The Morgan fingerprint density at radius 2 is 2.00 bits per heavy atom. The van der Waals surface area contributed by atoms with Gasteiger partial charge in [0.1, 0.15) is 5.82 Å². The number of pyridine rings is 1. The fraction of sp³-hybridized carbons (Fsp3) is 0.630. The van der Waals surface area contributed by atoms with Gasteiger partial charge in [0, 0.05) is 43.0 Å². The summed E-state index contributed by atoms with van der Waals surface area (Å²) in [6.07, 6.45) is 4.36. The number of hydrogen-bond donors (Lipinski definition) is 3. The van der Waals surface area contributed by atoms with Crippen LogP contribution in [0.2, 0.25) is 0 Å². The van der Waals surface area contributed by atoms with E-state index in [1.165, 1.54) is 25.1 Å². The van der Waals surface area contributed by atoms with Crippen molar-refractivity contribution in [3.63, 3.8) is 0 Å². The van der Waals surface area contributed by atoms with Crippen LogP contribution in [0.3, 0.4) is 0 Å². The summed E-state index contributed by atoms with van der Waals surface area (Å²) in [5.41, 5.74) is -0.422. The molecule has 1 saturated heterocycles. The van der Waals surface area contributed by atoms with Gasteiger partial charge in [-0.15, -0.1) is 11.3 Å². The number of rotatable bonds is 9. The van der Waals surface area contributed by atoms with Crippen LogP contribution in [0.5, 0.6) is 0 Å². The Balaban J connectivity index is 0.000000428. The highest BCUT2D eigenvalue weighted by atomic mass is 32.1. The Hall–Kier alpha value is -2.66. The lowest BCUT2D eigenvalue weighted by atomic mass is 10.1. The summed E-state index contributed by atoms with van der Waals surface area (Å²) in [6, 6.07) is 1.86. The van der Waals surface area contributed by atoms with Gasteiger partial charge in [0.2, 0.25) is 6.41 Å². The zero-order valence-electron chi connectivity index (χ0n) is 23.2. The molecular formula is C27H41F2N5O3S. The molecule has 38 heavy (non-hydrogen) atoms. The number of alkyl halides is 2. The number of halogens is 2. The monoisotopic (exact) mass is 553 g/mol. The summed E-state index contributed by atoms with van der Waals surface area (Å²) in [4.78, 5) is 33.2. The van der Waals surface area contributed by atoms with Gasteiger partial charge < -0.3 is 20.6 Å². The highest BCUT2D eigenvalue weighted by Gasteiger charge is 2.24. The van der Waals surface area contributed by atoms with Gasteiger partial charge >= 0.3 is 0 Å². The lowest BCUT2D eigenvalue weighted by Crippen LogP contribution is -2.38. The van der Waals surface area contributed by atoms with Crippen molar-refractivity contribution in [3.05, 3.63) is 28.5 Å². The van der Waals surface area contributed by atoms with E-state index < -0.39 is 17.9 Å². The third-order valence-corrected chi connectivity index (χ3v) is 7.29. The third kappa shape index (κ3) is 9.58. The molecule has 0 bridgehead atoms. The first-order valence-electron chi connectivity index (χ1n) is 13.2. The minimum Gasteiger partial charge on any atom is -0.389 e. The van der Waals surface area contributed by atoms with Gasteiger partial charge in [-0.25, -0.2) is 18.7 Å². The van der Waals surface area contributed by atoms with Crippen molar-refractivity contribution in [3.8, 4) is 10.4 Å². The zero-order chi connectivity index (χ0) is 28.5. The molecule has 3 heterocycles. The molecule has 0 radical (unpaired) electrons. The second-order valence-electron chi connectivity index (χ2n) is 10.0. The number of aliphatic hydroxyl groups is 1. The summed E-state index contributed by atoms with van der Waals surface area (Å²) < 4.78 is 27.4. The molecule has 8 nitrogen and oxygen atoms in total. The molecule has 1 aliphatic heterocycles. The summed E-state index contributed by atoms with van der Waals surface area (Å²) in [5, 5.41) is 15.6. The second kappa shape index (κ2) is 14.5. The molecule has 4 rings (SSSR count). The van der Waals surface area contributed by atoms with E-state index in [9.17, 15) is 23.5 Å². The topological polar surface area (TPSA) is 107 Å². The molecule has 212 valence electrons. The highest BCUT2D eigenvalue weighted by molar-refractivity contribution is 7.17. The average Bonchev–Trinajstić information content (AvgIpc) is 3.50. The van der Waals surface area contributed by atoms with Gasteiger partial charge in [-0.3, -0.25) is 9.59 Å². The van der Waals surface area contributed by atoms with Crippen LogP contribution < -0.4 is 10.6 Å². The molecule has 1 saturated carbocycles. The van der Waals surface area contributed by atoms with Gasteiger partial charge in [0.25, 0.3) is 12.3 Å². The largest absolute Gasteiger partial charge is 0.389 e. The Labute approximate surface area is 228 Å². The van der Waals surface area contributed by atoms with E-state index in [1.807, 2.05) is 18.7 Å². The van der Waals surface area contributed by atoms with Crippen molar-refractivity contribution in [1.29, 1.82) is 0 Å². The summed E-state index contributed by atoms with van der Waals surface area (Å²) in [5.74, 6) is 0.581. The van der Waals surface area contributed by atoms with E-state index in [1.54, 1.807) is 20.8 Å². The summed E-state index contributed by atoms with van der Waals surface area (Å²) in [6.45, 7) is 12.7. The quantitative estimate of drug-likeness (QED) is 0.358. The minimum atomic E-state index is -2.67. The van der Waals surface area contributed by atoms with Gasteiger partial charge in [-0.1, -0.05) is 13.8 Å². The molecule has 2 fully saturated rings. The first kappa shape index (κ1) is 31.6. The number of aromatic nitrogens is 2. The minimum absolute atomic E-state index is 0.0605. The second-order valence-corrected chi connectivity index (χ2v) is 11.0. The maximum absolute atomic E-state index is 13.7. The lowest BCUT2D eigenvalue weighted by Gasteiger charge is -2.16. The molecule has 2 aromatic rings. The van der Waals surface area contributed by atoms with Crippen LogP contribution in [0, 0.1) is 12.8 Å². The number of anilines is 1. The molecule has 1 atom stereocenters. The number of nitrogens with one attached hydrogen (secondary N) is 2. The molecule has 0 spiro atoms. The molecule has 2 aliphatic rings. The average molecular weight is 554 g/mol. The maximum Gasteiger partial charge on any atom is 0.280 e.